The van der Waals surface area contributed by atoms with Crippen molar-refractivity contribution in [3.05, 3.63) is 12.2 Å². The molecule has 136 valence electrons. The van der Waals surface area contributed by atoms with Crippen LogP contribution in [0.2, 0.25) is 36.3 Å². The van der Waals surface area contributed by atoms with Crippen molar-refractivity contribution in [1.29, 1.82) is 5.26 Å². The summed E-state index contributed by atoms with van der Waals surface area (Å²) in [6.45, 7) is 27.1. The van der Waals surface area contributed by atoms with Crippen LogP contribution in [-0.4, -0.2) is 23.0 Å². The van der Waals surface area contributed by atoms with Crippen LogP contribution < -0.4 is 0 Å². The minimum atomic E-state index is -1.76. The van der Waals surface area contributed by atoms with Gasteiger partial charge in [-0.1, -0.05) is 67.1 Å². The second-order valence-corrected chi connectivity index (χ2v) is 19.5. The van der Waals surface area contributed by atoms with Crippen molar-refractivity contribution < 1.29 is 4.43 Å². The van der Waals surface area contributed by atoms with Crippen LogP contribution in [0.25, 0.3) is 0 Å². The Morgan fingerprint density at radius 2 is 1.54 bits per heavy atom. The van der Waals surface area contributed by atoms with Crippen molar-refractivity contribution >= 4 is 16.4 Å². The van der Waals surface area contributed by atoms with Gasteiger partial charge >= 0.3 is 0 Å². The minimum Gasteiger partial charge on any atom is -0.417 e. The first-order valence-corrected chi connectivity index (χ1v) is 14.7. The van der Waals surface area contributed by atoms with Crippen molar-refractivity contribution in [2.75, 3.05) is 6.61 Å². The zero-order valence-corrected chi connectivity index (χ0v) is 19.6. The summed E-state index contributed by atoms with van der Waals surface area (Å²) in [5.74, 6) is 2.97. The Morgan fingerprint density at radius 1 is 1.04 bits per heavy atom. The number of hydrogen-bond donors (Lipinski definition) is 0. The highest BCUT2D eigenvalue weighted by atomic mass is 28.4. The van der Waals surface area contributed by atoms with E-state index in [0.717, 1.165) is 5.57 Å². The fourth-order valence-electron chi connectivity index (χ4n) is 1.48. The van der Waals surface area contributed by atoms with Gasteiger partial charge in [-0.15, -0.1) is 5.54 Å². The quantitative estimate of drug-likeness (QED) is 0.434. The van der Waals surface area contributed by atoms with Crippen LogP contribution >= 0.6 is 0 Å². The van der Waals surface area contributed by atoms with E-state index in [1.54, 1.807) is 0 Å². The monoisotopic (exact) mass is 363 g/mol. The Hall–Kier alpha value is -0.816. The minimum absolute atomic E-state index is 0.189. The summed E-state index contributed by atoms with van der Waals surface area (Å²) in [7, 11) is -3.43. The lowest BCUT2D eigenvalue weighted by Crippen LogP contribution is -2.41. The summed E-state index contributed by atoms with van der Waals surface area (Å²) < 4.78 is 6.18. The van der Waals surface area contributed by atoms with E-state index >= 15 is 0 Å². The molecule has 0 aliphatic heterocycles. The number of rotatable bonds is 5. The molecule has 0 aromatic carbocycles. The highest BCUT2D eigenvalue weighted by Gasteiger charge is 2.37. The second kappa shape index (κ2) is 8.04. The lowest BCUT2D eigenvalue weighted by Gasteiger charge is -2.36. The molecule has 0 spiro atoms. The SMILES string of the molecule is C=C(C#C[Si](C)(C)C(C)(C)C)C(C#N)CCO[Si](C)(C)C(C)(C)C. The van der Waals surface area contributed by atoms with Crippen molar-refractivity contribution in [1.82, 2.24) is 0 Å². The van der Waals surface area contributed by atoms with Crippen molar-refractivity contribution in [3.63, 3.8) is 0 Å². The van der Waals surface area contributed by atoms with E-state index in [0.29, 0.717) is 13.0 Å². The van der Waals surface area contributed by atoms with Gasteiger partial charge in [0, 0.05) is 12.2 Å². The highest BCUT2D eigenvalue weighted by molar-refractivity contribution is 6.87. The van der Waals surface area contributed by atoms with Crippen LogP contribution in [-0.2, 0) is 4.43 Å². The maximum absolute atomic E-state index is 9.46. The molecule has 0 aliphatic carbocycles. The predicted molar refractivity (Wildman–Crippen MR) is 111 cm³/mol. The van der Waals surface area contributed by atoms with Gasteiger partial charge in [0.2, 0.25) is 0 Å². The van der Waals surface area contributed by atoms with Gasteiger partial charge in [0.05, 0.1) is 12.0 Å². The third kappa shape index (κ3) is 6.59. The van der Waals surface area contributed by atoms with Gasteiger partial charge < -0.3 is 4.43 Å². The number of nitrogens with zero attached hydrogens (tertiary/aromatic N) is 1. The molecule has 2 nitrogen and oxygen atoms in total. The molecule has 0 radical (unpaired) electrons. The highest BCUT2D eigenvalue weighted by Crippen LogP contribution is 2.37. The average Bonchev–Trinajstić information content (AvgIpc) is 2.38. The molecule has 0 amide bonds. The van der Waals surface area contributed by atoms with Crippen molar-refractivity contribution in [2.45, 2.75) is 84.2 Å². The lowest BCUT2D eigenvalue weighted by molar-refractivity contribution is 0.274. The molecule has 0 aromatic heterocycles. The molecule has 0 aromatic rings. The van der Waals surface area contributed by atoms with E-state index in [9.17, 15) is 5.26 Å². The Morgan fingerprint density at radius 3 is 1.92 bits per heavy atom. The van der Waals surface area contributed by atoms with E-state index in [1.165, 1.54) is 0 Å². The van der Waals surface area contributed by atoms with Gasteiger partial charge in [0.1, 0.15) is 8.07 Å². The molecule has 0 bridgehead atoms. The number of allylic oxidation sites excluding steroid dienone is 1. The van der Waals surface area contributed by atoms with Crippen molar-refractivity contribution in [2.24, 2.45) is 5.92 Å². The van der Waals surface area contributed by atoms with E-state index in [-0.39, 0.29) is 16.0 Å². The molecule has 0 saturated carbocycles. The first kappa shape index (κ1) is 23.2. The van der Waals surface area contributed by atoms with Gasteiger partial charge in [-0.2, -0.15) is 5.26 Å². The molecule has 0 N–H and O–H groups in total. The Kier molecular flexibility index (Phi) is 7.77. The number of nitriles is 1. The Bertz CT molecular complexity index is 545. The fourth-order valence-corrected chi connectivity index (χ4v) is 3.39. The molecule has 0 aliphatic rings. The summed E-state index contributed by atoms with van der Waals surface area (Å²) in [6.07, 6.45) is 0.675. The molecular weight excluding hydrogens is 326 g/mol. The van der Waals surface area contributed by atoms with Gasteiger partial charge in [0.15, 0.2) is 8.32 Å². The maximum atomic E-state index is 9.46. The summed E-state index contributed by atoms with van der Waals surface area (Å²) in [5.41, 5.74) is 4.19. The first-order valence-electron chi connectivity index (χ1n) is 8.81. The summed E-state index contributed by atoms with van der Waals surface area (Å²) in [4.78, 5) is 0. The topological polar surface area (TPSA) is 33.0 Å². The van der Waals surface area contributed by atoms with E-state index in [4.69, 9.17) is 4.43 Å². The standard InChI is InChI=1S/C20H37NOSi2/c1-17(13-15-23(8,9)19(2,3)4)18(16-21)12-14-22-24(10,11)20(5,6)7/h18H,1,12,14H2,2-11H3. The molecule has 0 heterocycles. The number of hydrogen-bond acceptors (Lipinski definition) is 2. The van der Waals surface area contributed by atoms with Crippen LogP contribution in [0.15, 0.2) is 12.2 Å². The molecular formula is C20H37NOSi2. The third-order valence-electron chi connectivity index (χ3n) is 5.66. The van der Waals surface area contributed by atoms with Gasteiger partial charge in [-0.3, -0.25) is 0 Å². The van der Waals surface area contributed by atoms with E-state index in [1.807, 2.05) is 0 Å². The average molecular weight is 364 g/mol. The zero-order valence-electron chi connectivity index (χ0n) is 17.6. The smallest absolute Gasteiger partial charge is 0.191 e. The van der Waals surface area contributed by atoms with E-state index in [2.05, 4.69) is 91.8 Å². The van der Waals surface area contributed by atoms with Gasteiger partial charge in [-0.05, 0) is 29.6 Å². The fraction of sp³-hybridized carbons (Fsp3) is 0.750. The lowest BCUT2D eigenvalue weighted by atomic mass is 10.00. The molecule has 4 heteroatoms. The molecule has 24 heavy (non-hydrogen) atoms. The van der Waals surface area contributed by atoms with Gasteiger partial charge in [0.25, 0.3) is 0 Å². The zero-order chi connectivity index (χ0) is 19.4. The molecule has 1 unspecified atom stereocenters. The maximum Gasteiger partial charge on any atom is 0.191 e. The van der Waals surface area contributed by atoms with Crippen molar-refractivity contribution in [3.8, 4) is 17.5 Å². The molecule has 0 saturated heterocycles. The third-order valence-corrected chi connectivity index (χ3v) is 14.7. The Balaban J connectivity index is 4.86. The molecule has 1 atom stereocenters. The van der Waals surface area contributed by atoms with Gasteiger partial charge in [-0.25, -0.2) is 0 Å². The van der Waals surface area contributed by atoms with Crippen LogP contribution in [0, 0.1) is 28.7 Å². The predicted octanol–water partition coefficient (Wildman–Crippen LogP) is 6.15. The van der Waals surface area contributed by atoms with Crippen LogP contribution in [0.4, 0.5) is 0 Å². The summed E-state index contributed by atoms with van der Waals surface area (Å²) in [6, 6.07) is 2.35. The summed E-state index contributed by atoms with van der Waals surface area (Å²) in [5, 5.41) is 9.87. The normalized spacial score (nSPS) is 14.4. The Labute approximate surface area is 152 Å². The molecule has 0 rings (SSSR count). The largest absolute Gasteiger partial charge is 0.417 e. The first-order chi connectivity index (χ1) is 10.5. The summed E-state index contributed by atoms with van der Waals surface area (Å²) >= 11 is 0. The van der Waals surface area contributed by atoms with Crippen LogP contribution in [0.5, 0.6) is 0 Å². The van der Waals surface area contributed by atoms with Crippen LogP contribution in [0.1, 0.15) is 48.0 Å². The molecule has 0 fully saturated rings. The van der Waals surface area contributed by atoms with E-state index < -0.39 is 16.4 Å². The van der Waals surface area contributed by atoms with Crippen LogP contribution in [0.3, 0.4) is 0 Å². The second-order valence-electron chi connectivity index (χ2n) is 9.73.